The van der Waals surface area contributed by atoms with E-state index in [1.165, 1.54) is 17.8 Å². The lowest BCUT2D eigenvalue weighted by atomic mass is 9.90. The number of pyridine rings is 1. The maximum absolute atomic E-state index is 14.0. The van der Waals surface area contributed by atoms with Gasteiger partial charge in [0.2, 0.25) is 0 Å². The van der Waals surface area contributed by atoms with Gasteiger partial charge in [0.25, 0.3) is 5.91 Å². The molecule has 2 heterocycles. The Bertz CT molecular complexity index is 1180. The van der Waals surface area contributed by atoms with Gasteiger partial charge in [0.1, 0.15) is 11.6 Å². The number of anilines is 3. The highest BCUT2D eigenvalue weighted by Gasteiger charge is 2.22. The Hall–Kier alpha value is -3.30. The molecule has 178 valence electrons. The number of nitrogens with two attached hydrogens (primary N) is 1. The van der Waals surface area contributed by atoms with Crippen molar-refractivity contribution in [2.75, 3.05) is 30.0 Å². The van der Waals surface area contributed by atoms with Crippen molar-refractivity contribution in [3.8, 4) is 0 Å². The molecule has 1 saturated heterocycles. The third-order valence-corrected chi connectivity index (χ3v) is 7.16. The minimum absolute atomic E-state index is 0.204. The molecule has 0 bridgehead atoms. The summed E-state index contributed by atoms with van der Waals surface area (Å²) in [6.45, 7) is 1.88. The SMILES string of the molecule is CS(=O)N1CCC(c2ccc(Nc3cc(NCc4ccccc4F)c(C(N)=O)cn3)cc2)CC1. The molecule has 0 radical (unpaired) electrons. The quantitative estimate of drug-likeness (QED) is 0.449. The number of halogens is 1. The molecule has 1 amide bonds. The minimum Gasteiger partial charge on any atom is -0.380 e. The Labute approximate surface area is 201 Å². The largest absolute Gasteiger partial charge is 0.380 e. The first-order valence-electron chi connectivity index (χ1n) is 11.1. The van der Waals surface area contributed by atoms with Crippen LogP contribution in [-0.2, 0) is 17.5 Å². The van der Waals surface area contributed by atoms with E-state index >= 15 is 0 Å². The number of nitrogens with zero attached hydrogens (tertiary/aromatic N) is 2. The highest BCUT2D eigenvalue weighted by Crippen LogP contribution is 2.30. The highest BCUT2D eigenvalue weighted by molar-refractivity contribution is 7.81. The van der Waals surface area contributed by atoms with E-state index in [9.17, 15) is 13.4 Å². The standard InChI is InChI=1S/C25H28FN5O2S/c1-34(33)31-12-10-18(11-13-31)17-6-8-20(9-7-17)30-24-14-23(21(16-29-24)25(27)32)28-15-19-4-2-3-5-22(19)26/h2-9,14,16,18H,10-13,15H2,1H3,(H2,27,32)(H2,28,29,30). The van der Waals surface area contributed by atoms with E-state index in [1.54, 1.807) is 30.5 Å². The second-order valence-corrected chi connectivity index (χ2v) is 9.66. The first-order valence-corrected chi connectivity index (χ1v) is 12.6. The Kier molecular flexibility index (Phi) is 7.54. The molecule has 7 nitrogen and oxygen atoms in total. The molecule has 1 fully saturated rings. The Morgan fingerprint density at radius 3 is 2.53 bits per heavy atom. The van der Waals surface area contributed by atoms with Crippen molar-refractivity contribution >= 4 is 34.1 Å². The predicted molar refractivity (Wildman–Crippen MR) is 134 cm³/mol. The molecule has 3 aromatic rings. The van der Waals surface area contributed by atoms with Crippen LogP contribution in [0.2, 0.25) is 0 Å². The van der Waals surface area contributed by atoms with E-state index in [0.717, 1.165) is 31.6 Å². The minimum atomic E-state index is -0.907. The van der Waals surface area contributed by atoms with Crippen molar-refractivity contribution in [3.05, 3.63) is 83.3 Å². The molecule has 9 heteroatoms. The van der Waals surface area contributed by atoms with Crippen LogP contribution in [0.15, 0.2) is 60.8 Å². The van der Waals surface area contributed by atoms with Gasteiger partial charge in [-0.15, -0.1) is 0 Å². The fourth-order valence-corrected chi connectivity index (χ4v) is 4.86. The van der Waals surface area contributed by atoms with E-state index < -0.39 is 16.9 Å². The number of hydrogen-bond donors (Lipinski definition) is 3. The zero-order chi connectivity index (χ0) is 24.1. The van der Waals surface area contributed by atoms with Crippen LogP contribution in [0.1, 0.15) is 40.2 Å². The summed E-state index contributed by atoms with van der Waals surface area (Å²) < 4.78 is 27.6. The van der Waals surface area contributed by atoms with Crippen LogP contribution in [0.4, 0.5) is 21.6 Å². The molecular formula is C25H28FN5O2S. The Balaban J connectivity index is 1.44. The molecule has 34 heavy (non-hydrogen) atoms. The van der Waals surface area contributed by atoms with Gasteiger partial charge in [-0.25, -0.2) is 17.9 Å². The summed E-state index contributed by atoms with van der Waals surface area (Å²) >= 11 is 0. The van der Waals surface area contributed by atoms with E-state index in [1.807, 2.05) is 16.4 Å². The van der Waals surface area contributed by atoms with E-state index in [2.05, 4.69) is 27.8 Å². The zero-order valence-corrected chi connectivity index (χ0v) is 19.8. The molecule has 1 unspecified atom stereocenters. The van der Waals surface area contributed by atoms with Gasteiger partial charge in [-0.2, -0.15) is 0 Å². The predicted octanol–water partition coefficient (Wildman–Crippen LogP) is 4.15. The number of carbonyl (C=O) groups excluding carboxylic acids is 1. The van der Waals surface area contributed by atoms with Crippen LogP contribution in [0.25, 0.3) is 0 Å². The molecule has 1 atom stereocenters. The van der Waals surface area contributed by atoms with E-state index in [-0.39, 0.29) is 17.9 Å². The summed E-state index contributed by atoms with van der Waals surface area (Å²) in [6.07, 6.45) is 5.11. The van der Waals surface area contributed by atoms with Gasteiger partial charge in [0.15, 0.2) is 0 Å². The fraction of sp³-hybridized carbons (Fsp3) is 0.280. The molecule has 1 aromatic heterocycles. The molecule has 1 aliphatic rings. The Morgan fingerprint density at radius 2 is 1.88 bits per heavy atom. The summed E-state index contributed by atoms with van der Waals surface area (Å²) in [7, 11) is -0.907. The summed E-state index contributed by atoms with van der Waals surface area (Å²) in [5.74, 6) is 0.0534. The number of amides is 1. The molecule has 4 rings (SSSR count). The number of aromatic nitrogens is 1. The number of nitrogens with one attached hydrogen (secondary N) is 2. The number of hydrogen-bond acceptors (Lipinski definition) is 5. The topological polar surface area (TPSA) is 100 Å². The lowest BCUT2D eigenvalue weighted by molar-refractivity contribution is 0.100. The van der Waals surface area contributed by atoms with Crippen molar-refractivity contribution in [2.45, 2.75) is 25.3 Å². The molecule has 0 aliphatic carbocycles. The number of carbonyl (C=O) groups is 1. The van der Waals surface area contributed by atoms with Crippen LogP contribution in [0.3, 0.4) is 0 Å². The number of benzene rings is 2. The van der Waals surface area contributed by atoms with Crippen molar-refractivity contribution < 1.29 is 13.4 Å². The number of primary amides is 1. The second-order valence-electron chi connectivity index (χ2n) is 8.30. The van der Waals surface area contributed by atoms with E-state index in [0.29, 0.717) is 23.0 Å². The van der Waals surface area contributed by atoms with Gasteiger partial charge in [0.05, 0.1) is 22.2 Å². The van der Waals surface area contributed by atoms with Crippen molar-refractivity contribution in [1.82, 2.24) is 9.29 Å². The first-order chi connectivity index (χ1) is 16.4. The molecular weight excluding hydrogens is 453 g/mol. The average molecular weight is 482 g/mol. The Morgan fingerprint density at radius 1 is 1.18 bits per heavy atom. The summed E-state index contributed by atoms with van der Waals surface area (Å²) in [5, 5.41) is 6.34. The third kappa shape index (κ3) is 5.78. The molecule has 2 aromatic carbocycles. The van der Waals surface area contributed by atoms with Gasteiger partial charge in [-0.05, 0) is 42.5 Å². The smallest absolute Gasteiger partial charge is 0.252 e. The third-order valence-electron chi connectivity index (χ3n) is 6.07. The van der Waals surface area contributed by atoms with Gasteiger partial charge < -0.3 is 16.4 Å². The van der Waals surface area contributed by atoms with Gasteiger partial charge >= 0.3 is 0 Å². The van der Waals surface area contributed by atoms with Crippen molar-refractivity contribution in [1.29, 1.82) is 0 Å². The zero-order valence-electron chi connectivity index (χ0n) is 19.0. The summed E-state index contributed by atoms with van der Waals surface area (Å²) in [6, 6.07) is 16.3. The van der Waals surface area contributed by atoms with Crippen LogP contribution in [0, 0.1) is 5.82 Å². The van der Waals surface area contributed by atoms with Crippen LogP contribution in [-0.4, -0.2) is 38.8 Å². The van der Waals surface area contributed by atoms with Crippen molar-refractivity contribution in [2.24, 2.45) is 5.73 Å². The monoisotopic (exact) mass is 481 g/mol. The van der Waals surface area contributed by atoms with Gasteiger partial charge in [-0.1, -0.05) is 30.3 Å². The van der Waals surface area contributed by atoms with Crippen molar-refractivity contribution in [3.63, 3.8) is 0 Å². The van der Waals surface area contributed by atoms with Crippen LogP contribution in [0.5, 0.6) is 0 Å². The maximum Gasteiger partial charge on any atom is 0.252 e. The lowest BCUT2D eigenvalue weighted by Crippen LogP contribution is -2.33. The second kappa shape index (κ2) is 10.8. The van der Waals surface area contributed by atoms with Crippen LogP contribution < -0.4 is 16.4 Å². The summed E-state index contributed by atoms with van der Waals surface area (Å²) in [4.78, 5) is 16.1. The fourth-order valence-electron chi connectivity index (χ4n) is 4.13. The first kappa shape index (κ1) is 23.8. The van der Waals surface area contributed by atoms with Gasteiger partial charge in [-0.3, -0.25) is 4.79 Å². The van der Waals surface area contributed by atoms with Gasteiger partial charge in [0, 0.05) is 49.4 Å². The number of piperidine rings is 1. The summed E-state index contributed by atoms with van der Waals surface area (Å²) in [5.41, 5.74) is 8.80. The maximum atomic E-state index is 14.0. The van der Waals surface area contributed by atoms with E-state index in [4.69, 9.17) is 5.73 Å². The average Bonchev–Trinajstić information content (AvgIpc) is 2.84. The van der Waals surface area contributed by atoms with Crippen LogP contribution >= 0.6 is 0 Å². The lowest BCUT2D eigenvalue weighted by Gasteiger charge is -2.30. The molecule has 4 N–H and O–H groups in total. The highest BCUT2D eigenvalue weighted by atomic mass is 32.2. The molecule has 1 aliphatic heterocycles. The molecule has 0 saturated carbocycles. The number of rotatable bonds is 8. The normalized spacial score (nSPS) is 15.6. The molecule has 0 spiro atoms.